The first kappa shape index (κ1) is 23.5. The number of fused-ring (bicyclic) bond motifs is 1. The average Bonchev–Trinajstić information content (AvgIpc) is 3.43. The van der Waals surface area contributed by atoms with E-state index in [2.05, 4.69) is 19.9 Å². The number of sulfone groups is 1. The van der Waals surface area contributed by atoms with Crippen LogP contribution in [0.15, 0.2) is 41.7 Å². The molecule has 1 amide bonds. The van der Waals surface area contributed by atoms with Crippen molar-refractivity contribution in [1.29, 1.82) is 0 Å². The summed E-state index contributed by atoms with van der Waals surface area (Å²) >= 11 is 0. The van der Waals surface area contributed by atoms with E-state index >= 15 is 0 Å². The number of carbonyl (C=O) groups is 1. The molecule has 1 aliphatic heterocycles. The second-order valence-electron chi connectivity index (χ2n) is 9.27. The third kappa shape index (κ3) is 4.22. The number of H-pyrrole nitrogens is 1. The molecule has 0 radical (unpaired) electrons. The summed E-state index contributed by atoms with van der Waals surface area (Å²) in [4.78, 5) is 28.8. The van der Waals surface area contributed by atoms with Gasteiger partial charge in [0, 0.05) is 25.8 Å². The van der Waals surface area contributed by atoms with Crippen LogP contribution in [0, 0.1) is 5.82 Å². The van der Waals surface area contributed by atoms with E-state index in [1.165, 1.54) is 18.5 Å². The van der Waals surface area contributed by atoms with Crippen molar-refractivity contribution in [3.63, 3.8) is 0 Å². The molecule has 9 nitrogen and oxygen atoms in total. The molecule has 11 heteroatoms. The Balaban J connectivity index is 1.25. The molecule has 5 rings (SSSR count). The Hall–Kier alpha value is -3.21. The number of nitrogens with one attached hydrogen (secondary N) is 1. The van der Waals surface area contributed by atoms with Gasteiger partial charge in [-0.25, -0.2) is 22.8 Å². The molecule has 1 saturated carbocycles. The molecular formula is C24H28FN5O4S. The molecule has 1 unspecified atom stereocenters. The van der Waals surface area contributed by atoms with Crippen LogP contribution in [0.2, 0.25) is 0 Å². The summed E-state index contributed by atoms with van der Waals surface area (Å²) in [6.45, 7) is 4.82. The molecule has 186 valence electrons. The number of amides is 1. The van der Waals surface area contributed by atoms with E-state index in [4.69, 9.17) is 4.74 Å². The average molecular weight is 502 g/mol. The highest BCUT2D eigenvalue weighted by Gasteiger charge is 2.53. The minimum absolute atomic E-state index is 0.0858. The topological polar surface area (TPSA) is 108 Å². The Morgan fingerprint density at radius 2 is 2.06 bits per heavy atom. The van der Waals surface area contributed by atoms with Gasteiger partial charge in [-0.1, -0.05) is 6.92 Å². The zero-order chi connectivity index (χ0) is 24.8. The van der Waals surface area contributed by atoms with Gasteiger partial charge in [-0.05, 0) is 50.5 Å². The fraction of sp³-hybridized carbons (Fsp3) is 0.458. The van der Waals surface area contributed by atoms with E-state index in [1.54, 1.807) is 13.8 Å². The summed E-state index contributed by atoms with van der Waals surface area (Å²) < 4.78 is 45.1. The molecule has 1 aromatic carbocycles. The first-order valence-corrected chi connectivity index (χ1v) is 13.3. The molecule has 3 heterocycles. The van der Waals surface area contributed by atoms with Crippen LogP contribution < -0.4 is 9.64 Å². The second kappa shape index (κ2) is 8.78. The highest BCUT2D eigenvalue weighted by molar-refractivity contribution is 7.92. The molecule has 35 heavy (non-hydrogen) atoms. The number of aromatic amines is 1. The second-order valence-corrected chi connectivity index (χ2v) is 11.6. The van der Waals surface area contributed by atoms with Gasteiger partial charge < -0.3 is 19.5 Å². The standard InChI is InChI=1S/C24H28FN5O4S/c1-3-16(2)35(32,33)17-4-5-20(19(25)12-17)34-13-21(31)30-11-10-29(14-24(30)7-8-24)23-18-6-9-26-22(18)27-15-28-23/h4-6,9,12,15-16H,3,7-8,10-11,13-14H2,1-2H3,(H,26,27,28). The van der Waals surface area contributed by atoms with Crippen LogP contribution in [0.25, 0.3) is 11.0 Å². The van der Waals surface area contributed by atoms with Crippen molar-refractivity contribution in [2.24, 2.45) is 0 Å². The highest BCUT2D eigenvalue weighted by Crippen LogP contribution is 2.45. The van der Waals surface area contributed by atoms with E-state index in [0.717, 1.165) is 35.8 Å². The Morgan fingerprint density at radius 1 is 1.26 bits per heavy atom. The zero-order valence-electron chi connectivity index (χ0n) is 19.7. The normalized spacial score (nSPS) is 18.1. The number of anilines is 1. The van der Waals surface area contributed by atoms with Crippen molar-refractivity contribution in [3.8, 4) is 5.75 Å². The minimum atomic E-state index is -3.61. The van der Waals surface area contributed by atoms with Gasteiger partial charge in [0.05, 0.1) is 21.1 Å². The summed E-state index contributed by atoms with van der Waals surface area (Å²) in [7, 11) is -3.61. The van der Waals surface area contributed by atoms with Gasteiger partial charge >= 0.3 is 0 Å². The van der Waals surface area contributed by atoms with Crippen molar-refractivity contribution in [2.45, 2.75) is 48.8 Å². The third-order valence-electron chi connectivity index (χ3n) is 7.10. The fourth-order valence-corrected chi connectivity index (χ4v) is 6.10. The van der Waals surface area contributed by atoms with E-state index in [1.807, 2.05) is 17.2 Å². The smallest absolute Gasteiger partial charge is 0.261 e. The van der Waals surface area contributed by atoms with Crippen molar-refractivity contribution in [3.05, 3.63) is 42.6 Å². The Bertz CT molecular complexity index is 1370. The van der Waals surface area contributed by atoms with Crippen molar-refractivity contribution >= 4 is 32.6 Å². The summed E-state index contributed by atoms with van der Waals surface area (Å²) in [5.74, 6) is -0.305. The molecule has 3 aromatic rings. The number of nitrogens with zero attached hydrogens (tertiary/aromatic N) is 4. The summed E-state index contributed by atoms with van der Waals surface area (Å²) in [5.41, 5.74) is 0.496. The highest BCUT2D eigenvalue weighted by atomic mass is 32.2. The summed E-state index contributed by atoms with van der Waals surface area (Å²) in [6, 6.07) is 5.52. The zero-order valence-corrected chi connectivity index (χ0v) is 20.5. The molecule has 1 aliphatic carbocycles. The molecule has 2 aliphatic rings. The largest absolute Gasteiger partial charge is 0.481 e. The predicted octanol–water partition coefficient (Wildman–Crippen LogP) is 2.93. The molecule has 1 N–H and O–H groups in total. The molecule has 2 aromatic heterocycles. The Labute approximate surface area is 203 Å². The molecular weight excluding hydrogens is 473 g/mol. The number of carbonyl (C=O) groups excluding carboxylic acids is 1. The fourth-order valence-electron chi connectivity index (χ4n) is 4.68. The molecule has 2 fully saturated rings. The van der Waals surface area contributed by atoms with Crippen molar-refractivity contribution in [2.75, 3.05) is 31.1 Å². The number of piperazine rings is 1. The van der Waals surface area contributed by atoms with E-state index in [-0.39, 0.29) is 28.7 Å². The number of benzene rings is 1. The number of halogens is 1. The van der Waals surface area contributed by atoms with Gasteiger partial charge in [0.15, 0.2) is 28.0 Å². The number of rotatable bonds is 7. The molecule has 1 atom stereocenters. The maximum Gasteiger partial charge on any atom is 0.261 e. The maximum atomic E-state index is 14.6. The first-order chi connectivity index (χ1) is 16.7. The van der Waals surface area contributed by atoms with Crippen LogP contribution in [-0.4, -0.2) is 71.2 Å². The Morgan fingerprint density at radius 3 is 2.77 bits per heavy atom. The van der Waals surface area contributed by atoms with Crippen LogP contribution >= 0.6 is 0 Å². The predicted molar refractivity (Wildman–Crippen MR) is 129 cm³/mol. The molecule has 0 bridgehead atoms. The SMILES string of the molecule is CCC(C)S(=O)(=O)c1ccc(OCC(=O)N2CCN(c3ncnc4[nH]ccc34)CC23CC3)c(F)c1. The van der Waals surface area contributed by atoms with Crippen LogP contribution in [0.4, 0.5) is 10.2 Å². The van der Waals surface area contributed by atoms with Crippen LogP contribution in [-0.2, 0) is 14.6 Å². The van der Waals surface area contributed by atoms with Crippen LogP contribution in [0.1, 0.15) is 33.1 Å². The molecule has 1 spiro atoms. The van der Waals surface area contributed by atoms with Crippen LogP contribution in [0.5, 0.6) is 5.75 Å². The van der Waals surface area contributed by atoms with Gasteiger partial charge in [0.1, 0.15) is 17.8 Å². The lowest BCUT2D eigenvalue weighted by Gasteiger charge is -2.42. The number of aromatic nitrogens is 3. The van der Waals surface area contributed by atoms with E-state index in [0.29, 0.717) is 26.1 Å². The monoisotopic (exact) mass is 501 g/mol. The number of hydrogen-bond donors (Lipinski definition) is 1. The van der Waals surface area contributed by atoms with Gasteiger partial charge in [-0.15, -0.1) is 0 Å². The van der Waals surface area contributed by atoms with Gasteiger partial charge in [-0.3, -0.25) is 4.79 Å². The first-order valence-electron chi connectivity index (χ1n) is 11.7. The van der Waals surface area contributed by atoms with Crippen molar-refractivity contribution in [1.82, 2.24) is 19.9 Å². The summed E-state index contributed by atoms with van der Waals surface area (Å²) in [6.07, 6.45) is 5.56. The number of ether oxygens (including phenoxy) is 1. The minimum Gasteiger partial charge on any atom is -0.481 e. The Kier molecular flexibility index (Phi) is 5.90. The summed E-state index contributed by atoms with van der Waals surface area (Å²) in [5, 5.41) is 0.333. The lowest BCUT2D eigenvalue weighted by molar-refractivity contribution is -0.137. The lowest BCUT2D eigenvalue weighted by Crippen LogP contribution is -2.58. The third-order valence-corrected chi connectivity index (χ3v) is 9.40. The van der Waals surface area contributed by atoms with E-state index in [9.17, 15) is 17.6 Å². The van der Waals surface area contributed by atoms with Gasteiger partial charge in [-0.2, -0.15) is 0 Å². The quantitative estimate of drug-likeness (QED) is 0.530. The van der Waals surface area contributed by atoms with Crippen molar-refractivity contribution < 1.29 is 22.3 Å². The molecule has 1 saturated heterocycles. The van der Waals surface area contributed by atoms with Crippen LogP contribution in [0.3, 0.4) is 0 Å². The maximum absolute atomic E-state index is 14.6. The van der Waals surface area contributed by atoms with E-state index < -0.39 is 20.9 Å². The number of hydrogen-bond acceptors (Lipinski definition) is 7. The van der Waals surface area contributed by atoms with Gasteiger partial charge in [0.25, 0.3) is 5.91 Å². The lowest BCUT2D eigenvalue weighted by atomic mass is 10.1. The van der Waals surface area contributed by atoms with Gasteiger partial charge in [0.2, 0.25) is 0 Å².